The van der Waals surface area contributed by atoms with E-state index in [1.54, 1.807) is 0 Å². The van der Waals surface area contributed by atoms with Gasteiger partial charge in [-0.15, -0.1) is 0 Å². The van der Waals surface area contributed by atoms with Crippen molar-refractivity contribution in [2.75, 3.05) is 0 Å². The Labute approximate surface area is 268 Å². The van der Waals surface area contributed by atoms with Crippen LogP contribution in [-0.4, -0.2) is 11.9 Å². The lowest BCUT2D eigenvalue weighted by Crippen LogP contribution is -2.21. The number of rotatable bonds is 32. The van der Waals surface area contributed by atoms with Gasteiger partial charge in [0.25, 0.3) is 0 Å². The average molecular weight is 601 g/mol. The molecule has 1 rings (SSSR count). The van der Waals surface area contributed by atoms with Gasteiger partial charge in [-0.1, -0.05) is 205 Å². The molecule has 0 spiro atoms. The predicted molar refractivity (Wildman–Crippen MR) is 186 cm³/mol. The number of esters is 2. The van der Waals surface area contributed by atoms with Crippen LogP contribution in [0.25, 0.3) is 0 Å². The van der Waals surface area contributed by atoms with E-state index in [1.807, 2.05) is 12.2 Å². The molecule has 1 aliphatic rings. The zero-order chi connectivity index (χ0) is 31.1. The van der Waals surface area contributed by atoms with E-state index in [-0.39, 0.29) is 6.42 Å². The number of ether oxygens (including phenoxy) is 1. The minimum atomic E-state index is -0.872. The summed E-state index contributed by atoms with van der Waals surface area (Å²) < 4.78 is 4.96. The van der Waals surface area contributed by atoms with E-state index < -0.39 is 17.4 Å². The molecule has 1 heterocycles. The monoisotopic (exact) mass is 601 g/mol. The number of hydrogen-bond donors (Lipinski definition) is 0. The first-order chi connectivity index (χ1) is 21.1. The SMILES string of the molecule is CCCCCCCCCCCCCCCCC=CC1(C=CCCCCCCCCCCCCCCCC)CC(=O)OC1=O. The Bertz CT molecular complexity index is 665. The van der Waals surface area contributed by atoms with Gasteiger partial charge in [-0.05, 0) is 25.7 Å². The predicted octanol–water partition coefficient (Wildman–Crippen LogP) is 13.3. The number of carbonyl (C=O) groups is 2. The highest BCUT2D eigenvalue weighted by molar-refractivity contribution is 6.00. The van der Waals surface area contributed by atoms with Crippen LogP contribution >= 0.6 is 0 Å². The standard InChI is InChI=1S/C40H72O3/c1-3-5-7-9-11-13-15-17-19-21-23-25-27-29-31-33-35-40(37-38(41)43-39(40)42)36-34-32-30-28-26-24-22-20-18-16-14-12-10-8-6-4-2/h33-36H,3-32,37H2,1-2H3. The minimum Gasteiger partial charge on any atom is -0.392 e. The van der Waals surface area contributed by atoms with Gasteiger partial charge in [0.15, 0.2) is 0 Å². The molecule has 0 atom stereocenters. The largest absolute Gasteiger partial charge is 0.392 e. The van der Waals surface area contributed by atoms with Crippen molar-refractivity contribution in [2.45, 2.75) is 213 Å². The highest BCUT2D eigenvalue weighted by atomic mass is 16.6. The Kier molecular flexibility index (Phi) is 27.0. The second-order valence-electron chi connectivity index (χ2n) is 13.6. The van der Waals surface area contributed by atoms with Crippen molar-refractivity contribution in [3.05, 3.63) is 24.3 Å². The Morgan fingerprint density at radius 1 is 0.465 bits per heavy atom. The summed E-state index contributed by atoms with van der Waals surface area (Å²) in [6.07, 6.45) is 48.3. The molecule has 3 heteroatoms. The smallest absolute Gasteiger partial charge is 0.328 e. The molecule has 0 saturated carbocycles. The highest BCUT2D eigenvalue weighted by Crippen LogP contribution is 2.35. The van der Waals surface area contributed by atoms with Gasteiger partial charge in [0, 0.05) is 0 Å². The number of unbranched alkanes of at least 4 members (excludes halogenated alkanes) is 28. The van der Waals surface area contributed by atoms with Crippen molar-refractivity contribution in [1.29, 1.82) is 0 Å². The number of hydrogen-bond acceptors (Lipinski definition) is 3. The van der Waals surface area contributed by atoms with Crippen molar-refractivity contribution in [1.82, 2.24) is 0 Å². The molecule has 0 unspecified atom stereocenters. The van der Waals surface area contributed by atoms with Crippen molar-refractivity contribution >= 4 is 11.9 Å². The van der Waals surface area contributed by atoms with Crippen LogP contribution in [0.3, 0.4) is 0 Å². The maximum absolute atomic E-state index is 12.5. The van der Waals surface area contributed by atoms with E-state index >= 15 is 0 Å². The molecule has 3 nitrogen and oxygen atoms in total. The number of carbonyl (C=O) groups excluding carboxylic acids is 2. The fraction of sp³-hybridized carbons (Fsp3) is 0.850. The zero-order valence-corrected chi connectivity index (χ0v) is 29.0. The lowest BCUT2D eigenvalue weighted by atomic mass is 9.84. The molecule has 1 saturated heterocycles. The van der Waals surface area contributed by atoms with E-state index in [0.717, 1.165) is 25.7 Å². The Hall–Kier alpha value is -1.38. The van der Waals surface area contributed by atoms with Gasteiger partial charge in [-0.2, -0.15) is 0 Å². The van der Waals surface area contributed by atoms with Crippen LogP contribution in [0.1, 0.15) is 213 Å². The highest BCUT2D eigenvalue weighted by Gasteiger charge is 2.45. The Morgan fingerprint density at radius 3 is 1.00 bits per heavy atom. The van der Waals surface area contributed by atoms with Crippen LogP contribution in [0.5, 0.6) is 0 Å². The van der Waals surface area contributed by atoms with E-state index in [9.17, 15) is 9.59 Å². The van der Waals surface area contributed by atoms with E-state index in [1.165, 1.54) is 167 Å². The molecule has 250 valence electrons. The van der Waals surface area contributed by atoms with E-state index in [0.29, 0.717) is 0 Å². The van der Waals surface area contributed by atoms with Gasteiger partial charge >= 0.3 is 11.9 Å². The topological polar surface area (TPSA) is 43.4 Å². The maximum atomic E-state index is 12.5. The first-order valence-corrected chi connectivity index (χ1v) is 19.2. The summed E-state index contributed by atoms with van der Waals surface area (Å²) in [5, 5.41) is 0. The molecule has 0 N–H and O–H groups in total. The molecule has 0 aliphatic carbocycles. The van der Waals surface area contributed by atoms with Gasteiger partial charge in [0.05, 0.1) is 6.42 Å². The van der Waals surface area contributed by atoms with Crippen LogP contribution in [0, 0.1) is 5.41 Å². The van der Waals surface area contributed by atoms with Gasteiger partial charge in [-0.25, -0.2) is 0 Å². The van der Waals surface area contributed by atoms with Crippen LogP contribution in [0.4, 0.5) is 0 Å². The third-order valence-electron chi connectivity index (χ3n) is 9.30. The first-order valence-electron chi connectivity index (χ1n) is 19.2. The van der Waals surface area contributed by atoms with Gasteiger partial charge in [0.2, 0.25) is 0 Å². The normalized spacial score (nSPS) is 17.2. The molecular weight excluding hydrogens is 528 g/mol. The van der Waals surface area contributed by atoms with Crippen LogP contribution in [-0.2, 0) is 14.3 Å². The van der Waals surface area contributed by atoms with Crippen molar-refractivity contribution in [2.24, 2.45) is 5.41 Å². The molecule has 1 aliphatic heterocycles. The first kappa shape index (κ1) is 39.6. The molecule has 0 radical (unpaired) electrons. The minimum absolute atomic E-state index is 0.149. The van der Waals surface area contributed by atoms with Gasteiger partial charge < -0.3 is 4.74 Å². The fourth-order valence-electron chi connectivity index (χ4n) is 6.36. The second-order valence-corrected chi connectivity index (χ2v) is 13.6. The zero-order valence-electron chi connectivity index (χ0n) is 29.0. The van der Waals surface area contributed by atoms with Crippen LogP contribution in [0.15, 0.2) is 24.3 Å². The average Bonchev–Trinajstić information content (AvgIpc) is 3.28. The summed E-state index contributed by atoms with van der Waals surface area (Å²) in [6, 6.07) is 0. The van der Waals surface area contributed by atoms with Gasteiger partial charge in [0.1, 0.15) is 5.41 Å². The molecule has 0 aromatic carbocycles. The number of cyclic esters (lactones) is 2. The summed E-state index contributed by atoms with van der Waals surface area (Å²) in [5.41, 5.74) is -0.872. The van der Waals surface area contributed by atoms with E-state index in [4.69, 9.17) is 4.74 Å². The van der Waals surface area contributed by atoms with Crippen molar-refractivity contribution in [3.63, 3.8) is 0 Å². The lowest BCUT2D eigenvalue weighted by Gasteiger charge is -2.14. The molecular formula is C40H72O3. The quantitative estimate of drug-likeness (QED) is 0.0334. The Balaban J connectivity index is 2.07. The lowest BCUT2D eigenvalue weighted by molar-refractivity contribution is -0.153. The second kappa shape index (κ2) is 29.3. The number of allylic oxidation sites excluding steroid dienone is 2. The molecule has 0 aromatic rings. The molecule has 0 amide bonds. The third-order valence-corrected chi connectivity index (χ3v) is 9.30. The summed E-state index contributed by atoms with van der Waals surface area (Å²) in [7, 11) is 0. The van der Waals surface area contributed by atoms with Crippen molar-refractivity contribution < 1.29 is 14.3 Å². The van der Waals surface area contributed by atoms with Crippen LogP contribution < -0.4 is 0 Å². The van der Waals surface area contributed by atoms with Crippen molar-refractivity contribution in [3.8, 4) is 0 Å². The maximum Gasteiger partial charge on any atom is 0.328 e. The fourth-order valence-corrected chi connectivity index (χ4v) is 6.36. The van der Waals surface area contributed by atoms with Crippen LogP contribution in [0.2, 0.25) is 0 Å². The third kappa shape index (κ3) is 22.7. The summed E-state index contributed by atoms with van der Waals surface area (Å²) in [5.74, 6) is -0.792. The Morgan fingerprint density at radius 2 is 0.744 bits per heavy atom. The summed E-state index contributed by atoms with van der Waals surface area (Å²) in [6.45, 7) is 4.56. The molecule has 0 bridgehead atoms. The van der Waals surface area contributed by atoms with Gasteiger partial charge in [-0.3, -0.25) is 9.59 Å². The summed E-state index contributed by atoms with van der Waals surface area (Å²) in [4.78, 5) is 24.4. The molecule has 43 heavy (non-hydrogen) atoms. The molecule has 1 fully saturated rings. The molecule has 0 aromatic heterocycles. The summed E-state index contributed by atoms with van der Waals surface area (Å²) >= 11 is 0. The van der Waals surface area contributed by atoms with E-state index in [2.05, 4.69) is 26.0 Å².